The lowest BCUT2D eigenvalue weighted by Crippen LogP contribution is -2.35. The molecule has 3 aromatic rings. The highest BCUT2D eigenvalue weighted by Gasteiger charge is 2.25. The molecule has 2 atom stereocenters. The second kappa shape index (κ2) is 9.71. The number of nitriles is 1. The Morgan fingerprint density at radius 3 is 2.94 bits per heavy atom. The number of amidine groups is 1. The highest BCUT2D eigenvalue weighted by molar-refractivity contribution is 6.03. The first-order valence-corrected chi connectivity index (χ1v) is 10.8. The Bertz CT molecular complexity index is 1270. The summed E-state index contributed by atoms with van der Waals surface area (Å²) in [5.41, 5.74) is 8.03. The number of aliphatic imine (C=N–C) groups is 1. The average Bonchev–Trinajstić information content (AvgIpc) is 2.82. The molecule has 1 fully saturated rings. The molecule has 3 heterocycles. The van der Waals surface area contributed by atoms with Crippen LogP contribution in [0.3, 0.4) is 0 Å². The number of pyridine rings is 2. The van der Waals surface area contributed by atoms with Crippen LogP contribution in [0.1, 0.15) is 18.4 Å². The fourth-order valence-corrected chi connectivity index (χ4v) is 3.92. The molecule has 1 unspecified atom stereocenters. The largest absolute Gasteiger partial charge is 0.383 e. The molecule has 0 saturated carbocycles. The number of nitrogens with zero attached hydrogens (tertiary/aromatic N) is 4. The lowest BCUT2D eigenvalue weighted by atomic mass is 9.94. The van der Waals surface area contributed by atoms with Gasteiger partial charge in [0.1, 0.15) is 23.3 Å². The molecular formula is C24H27N7O2. The summed E-state index contributed by atoms with van der Waals surface area (Å²) in [4.78, 5) is 26.3. The van der Waals surface area contributed by atoms with Gasteiger partial charge in [0, 0.05) is 38.2 Å². The third-order valence-electron chi connectivity index (χ3n) is 5.70. The van der Waals surface area contributed by atoms with Crippen LogP contribution in [-0.4, -0.2) is 49.2 Å². The fraction of sp³-hybridized carbons (Fsp3) is 0.333. The van der Waals surface area contributed by atoms with E-state index in [1.165, 1.54) is 6.20 Å². The van der Waals surface area contributed by atoms with Gasteiger partial charge in [-0.25, -0.2) is 9.98 Å². The second-order valence-corrected chi connectivity index (χ2v) is 8.26. The monoisotopic (exact) mass is 445 g/mol. The zero-order chi connectivity index (χ0) is 23.4. The maximum atomic E-state index is 12.7. The Morgan fingerprint density at radius 1 is 1.36 bits per heavy atom. The summed E-state index contributed by atoms with van der Waals surface area (Å²) in [6.07, 6.45) is 3.31. The summed E-state index contributed by atoms with van der Waals surface area (Å²) >= 11 is 0. The lowest BCUT2D eigenvalue weighted by Gasteiger charge is -2.27. The number of aromatic amines is 1. The topological polar surface area (TPSA) is 132 Å². The minimum atomic E-state index is -0.503. The smallest absolute Gasteiger partial charge is 0.261 e. The SMILES string of the molecule is CN(C)c1ccc2cc(N=C(N)c3c(NC(C#N)[C@H]4CCCOC4)cc[nH]c3=O)ccc2n1. The number of ether oxygens (including phenoxy) is 1. The Morgan fingerprint density at radius 2 is 2.21 bits per heavy atom. The third-order valence-corrected chi connectivity index (χ3v) is 5.70. The number of nitrogens with two attached hydrogens (primary N) is 1. The first-order chi connectivity index (χ1) is 16.0. The number of rotatable bonds is 6. The van der Waals surface area contributed by atoms with E-state index < -0.39 is 6.04 Å². The molecule has 0 radical (unpaired) electrons. The minimum absolute atomic E-state index is 0.0362. The molecule has 1 aromatic carbocycles. The molecular weight excluding hydrogens is 418 g/mol. The molecule has 0 aliphatic carbocycles. The molecule has 9 nitrogen and oxygen atoms in total. The van der Waals surface area contributed by atoms with Crippen molar-refractivity contribution in [1.82, 2.24) is 9.97 Å². The van der Waals surface area contributed by atoms with Crippen molar-refractivity contribution in [3.63, 3.8) is 0 Å². The first kappa shape index (κ1) is 22.3. The number of aromatic nitrogens is 2. The maximum absolute atomic E-state index is 12.7. The summed E-state index contributed by atoms with van der Waals surface area (Å²) in [6.45, 7) is 1.22. The Kier molecular flexibility index (Phi) is 6.56. The zero-order valence-electron chi connectivity index (χ0n) is 18.7. The Hall–Kier alpha value is -3.90. The summed E-state index contributed by atoms with van der Waals surface area (Å²) in [7, 11) is 3.88. The van der Waals surface area contributed by atoms with E-state index in [1.807, 2.05) is 49.3 Å². The third kappa shape index (κ3) is 4.96. The summed E-state index contributed by atoms with van der Waals surface area (Å²) < 4.78 is 5.52. The Balaban J connectivity index is 1.65. The van der Waals surface area contributed by atoms with Crippen molar-refractivity contribution in [2.45, 2.75) is 18.9 Å². The van der Waals surface area contributed by atoms with Crippen LogP contribution in [-0.2, 0) is 4.74 Å². The van der Waals surface area contributed by atoms with Gasteiger partial charge in [0.2, 0.25) is 0 Å². The minimum Gasteiger partial charge on any atom is -0.383 e. The first-order valence-electron chi connectivity index (χ1n) is 10.8. The number of H-pyrrole nitrogens is 1. The van der Waals surface area contributed by atoms with E-state index in [4.69, 9.17) is 10.5 Å². The average molecular weight is 446 g/mol. The van der Waals surface area contributed by atoms with Crippen LogP contribution < -0.4 is 21.5 Å². The molecule has 1 aliphatic rings. The van der Waals surface area contributed by atoms with Gasteiger partial charge in [-0.2, -0.15) is 5.26 Å². The summed E-state index contributed by atoms with van der Waals surface area (Å²) in [6, 6.07) is 12.9. The van der Waals surface area contributed by atoms with Crippen LogP contribution in [0.5, 0.6) is 0 Å². The predicted molar refractivity (Wildman–Crippen MR) is 130 cm³/mol. The van der Waals surface area contributed by atoms with Gasteiger partial charge in [-0.3, -0.25) is 4.79 Å². The van der Waals surface area contributed by atoms with Gasteiger partial charge < -0.3 is 25.7 Å². The zero-order valence-corrected chi connectivity index (χ0v) is 18.7. The van der Waals surface area contributed by atoms with Crippen LogP contribution in [0, 0.1) is 17.2 Å². The van der Waals surface area contributed by atoms with Crippen molar-refractivity contribution < 1.29 is 4.74 Å². The van der Waals surface area contributed by atoms with Gasteiger partial charge in [0.25, 0.3) is 5.56 Å². The molecule has 9 heteroatoms. The van der Waals surface area contributed by atoms with Gasteiger partial charge in [0.15, 0.2) is 0 Å². The van der Waals surface area contributed by atoms with Crippen LogP contribution in [0.4, 0.5) is 17.2 Å². The van der Waals surface area contributed by atoms with Crippen LogP contribution in [0.25, 0.3) is 10.9 Å². The summed E-state index contributed by atoms with van der Waals surface area (Å²) in [5, 5.41) is 13.8. The lowest BCUT2D eigenvalue weighted by molar-refractivity contribution is 0.0532. The number of hydrogen-bond acceptors (Lipinski definition) is 7. The fourth-order valence-electron chi connectivity index (χ4n) is 3.92. The van der Waals surface area contributed by atoms with Crippen LogP contribution >= 0.6 is 0 Å². The molecule has 170 valence electrons. The van der Waals surface area contributed by atoms with Crippen LogP contribution in [0.15, 0.2) is 52.4 Å². The molecule has 4 rings (SSSR count). The summed E-state index contributed by atoms with van der Waals surface area (Å²) in [5.74, 6) is 0.961. The van der Waals surface area contributed by atoms with E-state index in [2.05, 4.69) is 26.3 Å². The van der Waals surface area contributed by atoms with E-state index in [0.29, 0.717) is 24.6 Å². The standard InChI is InChI=1S/C24H27N7O2/c1-31(2)21-8-5-15-12-17(6-7-18(15)30-21)28-23(26)22-19(9-10-27-24(22)32)29-20(13-25)16-4-3-11-33-14-16/h5-10,12,16,20H,3-4,11,14H2,1-2H3,(H2,26,28)(H2,27,29,32)/t16-,20?/m0/s1. The van der Waals surface area contributed by atoms with Crippen molar-refractivity contribution in [2.24, 2.45) is 16.6 Å². The molecule has 2 aromatic heterocycles. The number of hydrogen-bond donors (Lipinski definition) is 3. The highest BCUT2D eigenvalue weighted by atomic mass is 16.5. The van der Waals surface area contributed by atoms with Crippen molar-refractivity contribution in [2.75, 3.05) is 37.5 Å². The van der Waals surface area contributed by atoms with E-state index >= 15 is 0 Å². The number of anilines is 2. The number of nitrogens with one attached hydrogen (secondary N) is 2. The van der Waals surface area contributed by atoms with Gasteiger partial charge in [-0.1, -0.05) is 0 Å². The normalized spacial score (nSPS) is 17.4. The van der Waals surface area contributed by atoms with Crippen LogP contribution in [0.2, 0.25) is 0 Å². The van der Waals surface area contributed by atoms with Gasteiger partial charge in [-0.05, 0) is 49.2 Å². The molecule has 0 spiro atoms. The molecule has 0 amide bonds. The second-order valence-electron chi connectivity index (χ2n) is 8.26. The van der Waals surface area contributed by atoms with Crippen molar-refractivity contribution >= 4 is 33.9 Å². The molecule has 33 heavy (non-hydrogen) atoms. The van der Waals surface area contributed by atoms with E-state index in [-0.39, 0.29) is 22.9 Å². The Labute approximate surface area is 191 Å². The van der Waals surface area contributed by atoms with Crippen molar-refractivity contribution in [3.05, 3.63) is 58.5 Å². The van der Waals surface area contributed by atoms with E-state index in [1.54, 1.807) is 6.07 Å². The van der Waals surface area contributed by atoms with Crippen molar-refractivity contribution in [1.29, 1.82) is 5.26 Å². The maximum Gasteiger partial charge on any atom is 0.261 e. The highest BCUT2D eigenvalue weighted by Crippen LogP contribution is 2.24. The van der Waals surface area contributed by atoms with E-state index in [0.717, 1.165) is 29.6 Å². The van der Waals surface area contributed by atoms with Gasteiger partial charge >= 0.3 is 0 Å². The van der Waals surface area contributed by atoms with Crippen molar-refractivity contribution in [3.8, 4) is 6.07 Å². The number of fused-ring (bicyclic) bond motifs is 1. The number of benzene rings is 1. The quantitative estimate of drug-likeness (QED) is 0.392. The molecule has 1 saturated heterocycles. The van der Waals surface area contributed by atoms with Gasteiger partial charge in [-0.15, -0.1) is 0 Å². The molecule has 0 bridgehead atoms. The molecule has 4 N–H and O–H groups in total. The predicted octanol–water partition coefficient (Wildman–Crippen LogP) is 2.76. The van der Waals surface area contributed by atoms with E-state index in [9.17, 15) is 10.1 Å². The van der Waals surface area contributed by atoms with Gasteiger partial charge in [0.05, 0.1) is 29.6 Å². The molecule has 1 aliphatic heterocycles.